The van der Waals surface area contributed by atoms with E-state index in [0.29, 0.717) is 0 Å². The second kappa shape index (κ2) is 51.1. The molecule has 0 aromatic rings. The molecule has 0 rings (SSSR count). The third-order valence-electron chi connectivity index (χ3n) is 0. The minimum atomic E-state index is 0. The Bertz CT molecular complexity index is 26.5. The summed E-state index contributed by atoms with van der Waals surface area (Å²) in [5, 5.41) is 0. The van der Waals surface area contributed by atoms with Gasteiger partial charge in [0.15, 0.2) is 0 Å². The maximum Gasteiger partial charge on any atom is 2.00 e. The fourth-order valence-electron chi connectivity index (χ4n) is 0. The van der Waals surface area contributed by atoms with Crippen LogP contribution < -0.4 is 0 Å². The standard InChI is InChI=1S/Cu.Fe.Ga.La.2O.Sr.3H/q;;;;;;+2;;2*-1. The molecule has 0 fully saturated rings. The molecule has 0 aliphatic rings. The molecular weight excluding hydrogens is 448 g/mol. The molecule has 0 N–H and O–H groups in total. The third-order valence-corrected chi connectivity index (χ3v) is 0. The van der Waals surface area contributed by atoms with Gasteiger partial charge in [-0.1, -0.05) is 0 Å². The Kier molecular flexibility index (Phi) is 223. The van der Waals surface area contributed by atoms with Gasteiger partial charge in [0.25, 0.3) is 0 Å². The molecule has 0 atom stereocenters. The van der Waals surface area contributed by atoms with Crippen molar-refractivity contribution in [2.24, 2.45) is 0 Å². The SMILES string of the molecule is [Cu].[H-].[H-].[La].[O]=[Fe].[O]=[GaH].[Sr+2]. The van der Waals surface area contributed by atoms with E-state index < -0.39 is 0 Å². The Labute approximate surface area is 139 Å². The van der Waals surface area contributed by atoms with E-state index in [1.54, 1.807) is 0 Å². The minimum absolute atomic E-state index is 0. The molecule has 0 aromatic carbocycles. The summed E-state index contributed by atoms with van der Waals surface area (Å²) in [6.07, 6.45) is 0. The van der Waals surface area contributed by atoms with Crippen LogP contribution in [0.25, 0.3) is 0 Å². The number of rotatable bonds is 0. The zero-order valence-electron chi connectivity index (χ0n) is 5.46. The van der Waals surface area contributed by atoms with E-state index in [-0.39, 0.29) is 120 Å². The summed E-state index contributed by atoms with van der Waals surface area (Å²) in [5.74, 6) is 0. The van der Waals surface area contributed by atoms with E-state index in [2.05, 4.69) is 0 Å². The molecule has 0 amide bonds. The topological polar surface area (TPSA) is 34.1 Å². The van der Waals surface area contributed by atoms with Crippen LogP contribution in [-0.4, -0.2) is 64.0 Å². The Morgan fingerprint density at radius 3 is 1.29 bits per heavy atom. The molecule has 0 saturated heterocycles. The monoisotopic (exact) mass is 450 g/mol. The molecular formula is H3CuFeGaLaO2Sr. The summed E-state index contributed by atoms with van der Waals surface area (Å²) in [5.41, 5.74) is 0. The average Bonchev–Trinajstić information content (AvgIpc) is 1.50. The summed E-state index contributed by atoms with van der Waals surface area (Å²) in [6, 6.07) is 0. The largest absolute Gasteiger partial charge is 2.00 e. The van der Waals surface area contributed by atoms with Gasteiger partial charge < -0.3 is 2.85 Å². The van der Waals surface area contributed by atoms with E-state index in [4.69, 9.17) is 7.37 Å². The van der Waals surface area contributed by atoms with E-state index in [9.17, 15) is 0 Å². The van der Waals surface area contributed by atoms with Crippen molar-refractivity contribution in [3.8, 4) is 0 Å². The fraction of sp³-hybridized carbons (Fsp3) is 0. The van der Waals surface area contributed by atoms with Gasteiger partial charge in [-0.05, 0) is 0 Å². The van der Waals surface area contributed by atoms with Crippen molar-refractivity contribution >= 4 is 64.0 Å². The predicted molar refractivity (Wildman–Crippen MR) is 16.5 cm³/mol. The Morgan fingerprint density at radius 2 is 1.29 bits per heavy atom. The third kappa shape index (κ3) is 40.3. The van der Waals surface area contributed by atoms with Gasteiger partial charge in [0, 0.05) is 52.7 Å². The van der Waals surface area contributed by atoms with Crippen molar-refractivity contribution in [2.75, 3.05) is 0 Å². The van der Waals surface area contributed by atoms with Crippen molar-refractivity contribution in [1.29, 1.82) is 0 Å². The van der Waals surface area contributed by atoms with Crippen LogP contribution in [0.15, 0.2) is 0 Å². The van der Waals surface area contributed by atoms with Gasteiger partial charge in [0.1, 0.15) is 0 Å². The van der Waals surface area contributed by atoms with E-state index in [1.165, 1.54) is 0 Å². The van der Waals surface area contributed by atoms with Gasteiger partial charge in [-0.2, -0.15) is 0 Å². The van der Waals surface area contributed by atoms with Crippen LogP contribution in [-0.2, 0) is 40.4 Å². The molecule has 2 radical (unpaired) electrons. The van der Waals surface area contributed by atoms with Crippen LogP contribution in [0.2, 0.25) is 0 Å². The summed E-state index contributed by atoms with van der Waals surface area (Å²) in [6.45, 7) is 0. The molecule has 0 saturated carbocycles. The first-order chi connectivity index (χ1) is 2.00. The van der Waals surface area contributed by atoms with Crippen molar-refractivity contribution in [1.82, 2.24) is 0 Å². The Morgan fingerprint density at radius 1 is 1.29 bits per heavy atom. The fourth-order valence-corrected chi connectivity index (χ4v) is 0. The molecule has 0 aromatic heterocycles. The van der Waals surface area contributed by atoms with E-state index >= 15 is 0 Å². The van der Waals surface area contributed by atoms with Crippen LogP contribution >= 0.6 is 0 Å². The van der Waals surface area contributed by atoms with Crippen LogP contribution in [0.1, 0.15) is 2.85 Å². The van der Waals surface area contributed by atoms with Gasteiger partial charge in [0.2, 0.25) is 0 Å². The van der Waals surface area contributed by atoms with Crippen molar-refractivity contribution in [3.05, 3.63) is 0 Å². The minimum Gasteiger partial charge on any atom is 2.00 e. The summed E-state index contributed by atoms with van der Waals surface area (Å²) < 4.78 is 16.4. The van der Waals surface area contributed by atoms with Gasteiger partial charge >= 0.3 is 87.4 Å². The normalized spacial score (nSPS) is 1.14. The maximum atomic E-state index is 8.38. The van der Waals surface area contributed by atoms with Crippen LogP contribution in [0.5, 0.6) is 0 Å². The van der Waals surface area contributed by atoms with E-state index in [0.717, 1.165) is 0 Å². The molecule has 42 valence electrons. The van der Waals surface area contributed by atoms with Crippen molar-refractivity contribution in [2.45, 2.75) is 0 Å². The molecule has 0 aliphatic carbocycles. The first-order valence-corrected chi connectivity index (χ1v) is 2.10. The quantitative estimate of drug-likeness (QED) is 0.442. The van der Waals surface area contributed by atoms with E-state index in [1.807, 2.05) is 15.9 Å². The molecule has 2 nitrogen and oxygen atoms in total. The van der Waals surface area contributed by atoms with Gasteiger partial charge in [-0.15, -0.1) is 0 Å². The van der Waals surface area contributed by atoms with Crippen LogP contribution in [0.4, 0.5) is 0 Å². The molecule has 0 heterocycles. The molecule has 0 bridgehead atoms. The molecule has 7 heavy (non-hydrogen) atoms. The summed E-state index contributed by atoms with van der Waals surface area (Å²) in [4.78, 5) is 0. The number of hydrogen-bond donors (Lipinski definition) is 0. The first-order valence-electron chi connectivity index (χ1n) is 0.433. The molecule has 0 aliphatic heterocycles. The molecule has 0 spiro atoms. The van der Waals surface area contributed by atoms with Crippen LogP contribution in [0.3, 0.4) is 0 Å². The van der Waals surface area contributed by atoms with Crippen LogP contribution in [0, 0.1) is 35.6 Å². The van der Waals surface area contributed by atoms with Gasteiger partial charge in [-0.3, -0.25) is 0 Å². The van der Waals surface area contributed by atoms with Gasteiger partial charge in [0.05, 0.1) is 0 Å². The Balaban J connectivity index is -0.00000000114. The first kappa shape index (κ1) is 30.6. The summed E-state index contributed by atoms with van der Waals surface area (Å²) >= 11 is 2.12. The predicted octanol–water partition coefficient (Wildman–Crippen LogP) is -1.05. The zero-order valence-corrected chi connectivity index (χ0v) is 15.6. The smallest absolute Gasteiger partial charge is 2.00 e. The number of hydrogen-bond acceptors (Lipinski definition) is 2. The second-order valence-electron chi connectivity index (χ2n) is 0. The van der Waals surface area contributed by atoms with Crippen molar-refractivity contribution in [3.63, 3.8) is 0 Å². The summed E-state index contributed by atoms with van der Waals surface area (Å²) in [7, 11) is 0. The van der Waals surface area contributed by atoms with Gasteiger partial charge in [-0.25, -0.2) is 0 Å². The second-order valence-corrected chi connectivity index (χ2v) is 0. The average molecular weight is 451 g/mol. The molecule has 0 unspecified atom stereocenters. The zero-order chi connectivity index (χ0) is 4.00. The van der Waals surface area contributed by atoms with Crippen molar-refractivity contribution < 1.29 is 78.8 Å². The molecule has 7 heteroatoms. The maximum absolute atomic E-state index is 8.38. The Hall–Kier alpha value is 3.95.